The molecule has 86 valence electrons. The highest BCUT2D eigenvalue weighted by atomic mass is 32.1. The van der Waals surface area contributed by atoms with Crippen molar-refractivity contribution in [2.24, 2.45) is 0 Å². The Labute approximate surface area is 102 Å². The van der Waals surface area contributed by atoms with Crippen molar-refractivity contribution in [2.45, 2.75) is 18.8 Å². The number of benzene rings is 1. The summed E-state index contributed by atoms with van der Waals surface area (Å²) in [5.41, 5.74) is 1.35. The van der Waals surface area contributed by atoms with Gasteiger partial charge >= 0.3 is 0 Å². The van der Waals surface area contributed by atoms with Crippen LogP contribution in [0.5, 0.6) is 0 Å². The molecule has 16 heavy (non-hydrogen) atoms. The zero-order valence-electron chi connectivity index (χ0n) is 9.30. The molecule has 0 N–H and O–H groups in total. The Bertz CT molecular complexity index is 352. The Morgan fingerprint density at radius 1 is 1.38 bits per heavy atom. The van der Waals surface area contributed by atoms with Crippen molar-refractivity contribution in [3.63, 3.8) is 0 Å². The number of hydrogen-bond donors (Lipinski definition) is 1. The van der Waals surface area contributed by atoms with Gasteiger partial charge in [-0.3, -0.25) is 4.79 Å². The lowest BCUT2D eigenvalue weighted by atomic mass is 9.99. The summed E-state index contributed by atoms with van der Waals surface area (Å²) >= 11 is 4.10. The molecular weight excluding hydrogens is 218 g/mol. The van der Waals surface area contributed by atoms with Gasteiger partial charge in [-0.05, 0) is 17.7 Å². The van der Waals surface area contributed by atoms with Crippen molar-refractivity contribution >= 4 is 18.5 Å². The summed E-state index contributed by atoms with van der Waals surface area (Å²) in [4.78, 5) is 13.7. The molecule has 0 saturated carbocycles. The van der Waals surface area contributed by atoms with E-state index in [1.165, 1.54) is 5.56 Å². The lowest BCUT2D eigenvalue weighted by Gasteiger charge is -2.16. The maximum absolute atomic E-state index is 11.7. The zero-order chi connectivity index (χ0) is 11.4. The van der Waals surface area contributed by atoms with Crippen molar-refractivity contribution in [3.8, 4) is 0 Å². The number of carbonyl (C=O) groups excluding carboxylic acids is 1. The molecule has 1 aliphatic rings. The molecule has 1 atom stereocenters. The summed E-state index contributed by atoms with van der Waals surface area (Å²) in [5.74, 6) is 1.41. The van der Waals surface area contributed by atoms with Gasteiger partial charge in [0.2, 0.25) is 5.91 Å². The van der Waals surface area contributed by atoms with Gasteiger partial charge in [0.15, 0.2) is 0 Å². The molecule has 0 bridgehead atoms. The van der Waals surface area contributed by atoms with Crippen LogP contribution in [0.1, 0.15) is 24.3 Å². The van der Waals surface area contributed by atoms with Crippen LogP contribution in [0.15, 0.2) is 30.3 Å². The predicted molar refractivity (Wildman–Crippen MR) is 68.9 cm³/mol. The normalized spacial score (nSPS) is 20.1. The Kier molecular flexibility index (Phi) is 3.88. The van der Waals surface area contributed by atoms with Crippen LogP contribution in [0.3, 0.4) is 0 Å². The van der Waals surface area contributed by atoms with E-state index < -0.39 is 0 Å². The van der Waals surface area contributed by atoms with E-state index in [1.807, 2.05) is 11.0 Å². The van der Waals surface area contributed by atoms with Gasteiger partial charge in [0.05, 0.1) is 0 Å². The zero-order valence-corrected chi connectivity index (χ0v) is 10.2. The molecule has 1 aliphatic heterocycles. The van der Waals surface area contributed by atoms with E-state index in [1.54, 1.807) is 0 Å². The molecule has 2 rings (SSSR count). The second kappa shape index (κ2) is 5.39. The molecule has 2 nitrogen and oxygen atoms in total. The largest absolute Gasteiger partial charge is 0.342 e. The number of hydrogen-bond acceptors (Lipinski definition) is 2. The Morgan fingerprint density at radius 3 is 2.81 bits per heavy atom. The first-order chi connectivity index (χ1) is 7.81. The van der Waals surface area contributed by atoms with Gasteiger partial charge in [0.1, 0.15) is 0 Å². The van der Waals surface area contributed by atoms with Crippen LogP contribution < -0.4 is 0 Å². The summed E-state index contributed by atoms with van der Waals surface area (Å²) in [6.07, 6.45) is 1.65. The van der Waals surface area contributed by atoms with Crippen molar-refractivity contribution in [2.75, 3.05) is 18.8 Å². The fourth-order valence-electron chi connectivity index (χ4n) is 2.24. The highest BCUT2D eigenvalue weighted by Gasteiger charge is 2.26. The van der Waals surface area contributed by atoms with Gasteiger partial charge in [-0.1, -0.05) is 30.3 Å². The summed E-state index contributed by atoms with van der Waals surface area (Å²) in [5, 5.41) is 0. The van der Waals surface area contributed by atoms with Crippen LogP contribution in [0.4, 0.5) is 0 Å². The van der Waals surface area contributed by atoms with Crippen LogP contribution in [0.2, 0.25) is 0 Å². The second-order valence-corrected chi connectivity index (χ2v) is 4.66. The van der Waals surface area contributed by atoms with Crippen molar-refractivity contribution < 1.29 is 4.79 Å². The lowest BCUT2D eigenvalue weighted by molar-refractivity contribution is -0.129. The number of nitrogens with zero attached hydrogens (tertiary/aromatic N) is 1. The highest BCUT2D eigenvalue weighted by molar-refractivity contribution is 7.80. The first-order valence-corrected chi connectivity index (χ1v) is 6.38. The predicted octanol–water partition coefficient (Wildman–Crippen LogP) is 2.32. The Morgan fingerprint density at radius 2 is 2.12 bits per heavy atom. The van der Waals surface area contributed by atoms with Gasteiger partial charge in [-0.2, -0.15) is 12.6 Å². The third-order valence-corrected chi connectivity index (χ3v) is 3.36. The lowest BCUT2D eigenvalue weighted by Crippen LogP contribution is -2.28. The summed E-state index contributed by atoms with van der Waals surface area (Å²) in [6.45, 7) is 1.77. The summed E-state index contributed by atoms with van der Waals surface area (Å²) in [7, 11) is 0. The van der Waals surface area contributed by atoms with Crippen LogP contribution in [0.25, 0.3) is 0 Å². The first kappa shape index (κ1) is 11.5. The van der Waals surface area contributed by atoms with Gasteiger partial charge in [0.25, 0.3) is 0 Å². The molecule has 1 saturated heterocycles. The minimum absolute atomic E-state index is 0.244. The molecule has 0 spiro atoms. The first-order valence-electron chi connectivity index (χ1n) is 5.75. The molecule has 1 amide bonds. The van der Waals surface area contributed by atoms with Crippen LogP contribution in [0, 0.1) is 0 Å². The van der Waals surface area contributed by atoms with E-state index in [9.17, 15) is 4.79 Å². The smallest absolute Gasteiger partial charge is 0.223 e. The maximum atomic E-state index is 11.7. The molecule has 1 aromatic rings. The number of amides is 1. The van der Waals surface area contributed by atoms with Gasteiger partial charge in [-0.15, -0.1) is 0 Å². The number of carbonyl (C=O) groups is 1. The van der Waals surface area contributed by atoms with E-state index in [-0.39, 0.29) is 5.91 Å². The summed E-state index contributed by atoms with van der Waals surface area (Å²) in [6, 6.07) is 10.5. The quantitative estimate of drug-likeness (QED) is 0.797. The minimum Gasteiger partial charge on any atom is -0.342 e. The van der Waals surface area contributed by atoms with Crippen molar-refractivity contribution in [1.29, 1.82) is 0 Å². The van der Waals surface area contributed by atoms with E-state index in [0.29, 0.717) is 18.1 Å². The van der Waals surface area contributed by atoms with Gasteiger partial charge in [-0.25, -0.2) is 0 Å². The SMILES string of the molecule is O=C(CCS)N1CCC(c2ccccc2)C1. The molecule has 0 radical (unpaired) electrons. The third kappa shape index (κ3) is 2.59. The molecule has 1 fully saturated rings. The maximum Gasteiger partial charge on any atom is 0.223 e. The molecule has 1 aromatic carbocycles. The average Bonchev–Trinajstić information content (AvgIpc) is 2.80. The Balaban J connectivity index is 1.96. The third-order valence-electron chi connectivity index (χ3n) is 3.14. The fraction of sp³-hybridized carbons (Fsp3) is 0.462. The van der Waals surface area contributed by atoms with Crippen molar-refractivity contribution in [3.05, 3.63) is 35.9 Å². The second-order valence-electron chi connectivity index (χ2n) is 4.21. The van der Waals surface area contributed by atoms with Gasteiger partial charge in [0, 0.05) is 25.4 Å². The van der Waals surface area contributed by atoms with E-state index in [4.69, 9.17) is 0 Å². The minimum atomic E-state index is 0.244. The number of likely N-dealkylation sites (tertiary alicyclic amines) is 1. The van der Waals surface area contributed by atoms with Crippen LogP contribution in [-0.4, -0.2) is 29.6 Å². The average molecular weight is 235 g/mol. The molecule has 1 unspecified atom stereocenters. The number of rotatable bonds is 3. The van der Waals surface area contributed by atoms with Crippen LogP contribution >= 0.6 is 12.6 Å². The highest BCUT2D eigenvalue weighted by Crippen LogP contribution is 2.27. The molecular formula is C13H17NOS. The van der Waals surface area contributed by atoms with Crippen LogP contribution in [-0.2, 0) is 4.79 Å². The summed E-state index contributed by atoms with van der Waals surface area (Å²) < 4.78 is 0. The molecule has 1 heterocycles. The topological polar surface area (TPSA) is 20.3 Å². The standard InChI is InChI=1S/C13H17NOS/c15-13(7-9-16)14-8-6-12(10-14)11-4-2-1-3-5-11/h1-5,12,16H,6-10H2. The Hall–Kier alpha value is -0.960. The monoisotopic (exact) mass is 235 g/mol. The van der Waals surface area contributed by atoms with Gasteiger partial charge < -0.3 is 4.90 Å². The van der Waals surface area contributed by atoms with E-state index in [2.05, 4.69) is 36.9 Å². The fourth-order valence-corrected chi connectivity index (χ4v) is 2.43. The molecule has 0 aliphatic carbocycles. The molecule has 3 heteroatoms. The molecule has 0 aromatic heterocycles. The van der Waals surface area contributed by atoms with Crippen molar-refractivity contribution in [1.82, 2.24) is 4.90 Å². The van der Waals surface area contributed by atoms with E-state index in [0.717, 1.165) is 19.5 Å². The van der Waals surface area contributed by atoms with E-state index >= 15 is 0 Å². The number of thiol groups is 1.